The summed E-state index contributed by atoms with van der Waals surface area (Å²) in [7, 11) is 0. The first kappa shape index (κ1) is 10.1. The molecular formula is C13H13FO. The molecule has 2 rings (SSSR count). The van der Waals surface area contributed by atoms with Crippen LogP contribution in [0.25, 0.3) is 5.57 Å². The summed E-state index contributed by atoms with van der Waals surface area (Å²) in [6.45, 7) is 0. The van der Waals surface area contributed by atoms with E-state index in [0.717, 1.165) is 18.4 Å². The van der Waals surface area contributed by atoms with E-state index in [4.69, 9.17) is 0 Å². The molecule has 15 heavy (non-hydrogen) atoms. The van der Waals surface area contributed by atoms with Crippen LogP contribution in [0.15, 0.2) is 30.3 Å². The van der Waals surface area contributed by atoms with E-state index in [9.17, 15) is 9.18 Å². The zero-order valence-corrected chi connectivity index (χ0v) is 8.50. The molecule has 0 aromatic heterocycles. The number of hydrogen-bond donors (Lipinski definition) is 0. The van der Waals surface area contributed by atoms with Gasteiger partial charge in [0.2, 0.25) is 0 Å². The Morgan fingerprint density at radius 3 is 2.47 bits per heavy atom. The number of rotatable bonds is 1. The van der Waals surface area contributed by atoms with E-state index >= 15 is 0 Å². The molecule has 78 valence electrons. The minimum atomic E-state index is -0.218. The van der Waals surface area contributed by atoms with E-state index in [1.165, 1.54) is 17.7 Å². The molecule has 0 fully saturated rings. The molecule has 0 saturated heterocycles. The normalized spacial score (nSPS) is 17.1. The van der Waals surface area contributed by atoms with Gasteiger partial charge < -0.3 is 0 Å². The fourth-order valence-corrected chi connectivity index (χ4v) is 1.83. The van der Waals surface area contributed by atoms with Crippen molar-refractivity contribution < 1.29 is 9.18 Å². The Labute approximate surface area is 88.6 Å². The van der Waals surface area contributed by atoms with Crippen molar-refractivity contribution in [2.24, 2.45) is 0 Å². The van der Waals surface area contributed by atoms with Crippen LogP contribution in [0, 0.1) is 5.82 Å². The predicted octanol–water partition coefficient (Wildman–Crippen LogP) is 3.35. The summed E-state index contributed by atoms with van der Waals surface area (Å²) in [5, 5.41) is 0. The van der Waals surface area contributed by atoms with Gasteiger partial charge in [0.05, 0.1) is 0 Å². The number of benzene rings is 1. The van der Waals surface area contributed by atoms with E-state index in [-0.39, 0.29) is 5.82 Å². The van der Waals surface area contributed by atoms with Crippen molar-refractivity contribution in [1.29, 1.82) is 0 Å². The second-order valence-corrected chi connectivity index (χ2v) is 3.81. The van der Waals surface area contributed by atoms with Crippen LogP contribution < -0.4 is 0 Å². The lowest BCUT2D eigenvalue weighted by atomic mass is 10.0. The Bertz CT molecular complexity index is 390. The molecule has 0 heterocycles. The maximum Gasteiger partial charge on any atom is 0.133 e. The SMILES string of the molecule is O=C1CCC=C(c2ccc(F)cc2)CC1. The molecule has 0 aliphatic heterocycles. The van der Waals surface area contributed by atoms with Crippen molar-refractivity contribution in [2.75, 3.05) is 0 Å². The van der Waals surface area contributed by atoms with E-state index < -0.39 is 0 Å². The van der Waals surface area contributed by atoms with Gasteiger partial charge in [-0.05, 0) is 36.1 Å². The monoisotopic (exact) mass is 204 g/mol. The van der Waals surface area contributed by atoms with Crippen molar-refractivity contribution in [2.45, 2.75) is 25.7 Å². The average molecular weight is 204 g/mol. The molecule has 0 bridgehead atoms. The topological polar surface area (TPSA) is 17.1 Å². The average Bonchev–Trinajstić information content (AvgIpc) is 2.44. The lowest BCUT2D eigenvalue weighted by Crippen LogP contribution is -1.93. The number of halogens is 1. The third-order valence-electron chi connectivity index (χ3n) is 2.70. The highest BCUT2D eigenvalue weighted by atomic mass is 19.1. The lowest BCUT2D eigenvalue weighted by Gasteiger charge is -2.04. The first-order valence-corrected chi connectivity index (χ1v) is 5.22. The summed E-state index contributed by atoms with van der Waals surface area (Å²) >= 11 is 0. The lowest BCUT2D eigenvalue weighted by molar-refractivity contribution is -0.118. The first-order chi connectivity index (χ1) is 7.25. The molecule has 0 saturated carbocycles. The number of ketones is 1. The highest BCUT2D eigenvalue weighted by Crippen LogP contribution is 2.24. The van der Waals surface area contributed by atoms with Gasteiger partial charge >= 0.3 is 0 Å². The van der Waals surface area contributed by atoms with Crippen LogP contribution in [0.4, 0.5) is 4.39 Å². The van der Waals surface area contributed by atoms with E-state index in [0.29, 0.717) is 18.6 Å². The van der Waals surface area contributed by atoms with Gasteiger partial charge in [-0.1, -0.05) is 18.2 Å². The Morgan fingerprint density at radius 1 is 1.00 bits per heavy atom. The van der Waals surface area contributed by atoms with Crippen LogP contribution >= 0.6 is 0 Å². The Hall–Kier alpha value is -1.44. The zero-order chi connectivity index (χ0) is 10.7. The molecule has 0 N–H and O–H groups in total. The van der Waals surface area contributed by atoms with Crippen LogP contribution in [0.3, 0.4) is 0 Å². The summed E-state index contributed by atoms with van der Waals surface area (Å²) in [6.07, 6.45) is 4.95. The Morgan fingerprint density at radius 2 is 1.73 bits per heavy atom. The number of carbonyl (C=O) groups excluding carboxylic acids is 1. The third kappa shape index (κ3) is 2.52. The minimum Gasteiger partial charge on any atom is -0.300 e. The Kier molecular flexibility index (Phi) is 2.95. The van der Waals surface area contributed by atoms with Crippen LogP contribution in [-0.2, 0) is 4.79 Å². The number of Topliss-reactive ketones (excluding diaryl/α,β-unsaturated/α-hetero) is 1. The van der Waals surface area contributed by atoms with Crippen LogP contribution in [0.1, 0.15) is 31.2 Å². The molecule has 0 atom stereocenters. The van der Waals surface area contributed by atoms with Gasteiger partial charge in [-0.3, -0.25) is 4.79 Å². The van der Waals surface area contributed by atoms with Gasteiger partial charge in [0.1, 0.15) is 11.6 Å². The molecule has 1 aromatic rings. The summed E-state index contributed by atoms with van der Waals surface area (Å²) in [5.41, 5.74) is 2.20. The molecule has 1 aromatic carbocycles. The fourth-order valence-electron chi connectivity index (χ4n) is 1.83. The van der Waals surface area contributed by atoms with Crippen molar-refractivity contribution in [3.8, 4) is 0 Å². The summed E-state index contributed by atoms with van der Waals surface area (Å²) in [4.78, 5) is 11.2. The van der Waals surface area contributed by atoms with Crippen molar-refractivity contribution >= 4 is 11.4 Å². The fraction of sp³-hybridized carbons (Fsp3) is 0.308. The largest absolute Gasteiger partial charge is 0.300 e. The highest BCUT2D eigenvalue weighted by Gasteiger charge is 2.10. The second kappa shape index (κ2) is 4.39. The molecule has 0 unspecified atom stereocenters. The van der Waals surface area contributed by atoms with Gasteiger partial charge in [-0.2, -0.15) is 0 Å². The molecular weight excluding hydrogens is 191 g/mol. The molecule has 2 heteroatoms. The predicted molar refractivity (Wildman–Crippen MR) is 57.9 cm³/mol. The van der Waals surface area contributed by atoms with Crippen molar-refractivity contribution in [3.63, 3.8) is 0 Å². The van der Waals surface area contributed by atoms with Crippen LogP contribution in [-0.4, -0.2) is 5.78 Å². The molecule has 0 spiro atoms. The van der Waals surface area contributed by atoms with Crippen molar-refractivity contribution in [1.82, 2.24) is 0 Å². The molecule has 0 amide bonds. The molecule has 0 radical (unpaired) electrons. The van der Waals surface area contributed by atoms with Gasteiger partial charge in [0, 0.05) is 12.8 Å². The number of allylic oxidation sites excluding steroid dienone is 2. The molecule has 1 nitrogen and oxygen atoms in total. The Balaban J connectivity index is 2.19. The quantitative estimate of drug-likeness (QED) is 0.685. The number of carbonyl (C=O) groups is 1. The van der Waals surface area contributed by atoms with E-state index in [2.05, 4.69) is 6.08 Å². The van der Waals surface area contributed by atoms with Crippen LogP contribution in [0.5, 0.6) is 0 Å². The molecule has 1 aliphatic rings. The summed E-state index contributed by atoms with van der Waals surface area (Å²) in [5.74, 6) is 0.104. The van der Waals surface area contributed by atoms with Gasteiger partial charge in [0.15, 0.2) is 0 Å². The minimum absolute atomic E-state index is 0.218. The highest BCUT2D eigenvalue weighted by molar-refractivity contribution is 5.82. The first-order valence-electron chi connectivity index (χ1n) is 5.22. The standard InChI is InChI=1S/C13H13FO/c14-12-7-4-11(5-8-12)10-2-1-3-13(15)9-6-10/h2,4-5,7-8H,1,3,6,9H2. The van der Waals surface area contributed by atoms with Crippen LogP contribution in [0.2, 0.25) is 0 Å². The van der Waals surface area contributed by atoms with Gasteiger partial charge in [0.25, 0.3) is 0 Å². The second-order valence-electron chi connectivity index (χ2n) is 3.81. The van der Waals surface area contributed by atoms with Crippen molar-refractivity contribution in [3.05, 3.63) is 41.7 Å². The zero-order valence-electron chi connectivity index (χ0n) is 8.50. The molecule has 1 aliphatic carbocycles. The van der Waals surface area contributed by atoms with E-state index in [1.807, 2.05) is 0 Å². The number of hydrogen-bond acceptors (Lipinski definition) is 1. The maximum absolute atomic E-state index is 12.7. The van der Waals surface area contributed by atoms with Gasteiger partial charge in [-0.15, -0.1) is 0 Å². The van der Waals surface area contributed by atoms with E-state index in [1.54, 1.807) is 12.1 Å². The van der Waals surface area contributed by atoms with Gasteiger partial charge in [-0.25, -0.2) is 4.39 Å². The smallest absolute Gasteiger partial charge is 0.133 e. The third-order valence-corrected chi connectivity index (χ3v) is 2.70. The summed E-state index contributed by atoms with van der Waals surface area (Å²) in [6, 6.07) is 6.47. The maximum atomic E-state index is 12.7. The summed E-state index contributed by atoms with van der Waals surface area (Å²) < 4.78 is 12.7.